The van der Waals surface area contributed by atoms with Gasteiger partial charge in [-0.2, -0.15) is 0 Å². The first-order chi connectivity index (χ1) is 18.7. The first-order valence-electron chi connectivity index (χ1n) is 12.0. The van der Waals surface area contributed by atoms with Crippen molar-refractivity contribution in [1.82, 2.24) is 10.6 Å². The Kier molecular flexibility index (Phi) is 8.85. The molecule has 10 heteroatoms. The summed E-state index contributed by atoms with van der Waals surface area (Å²) in [5, 5.41) is 12.1. The summed E-state index contributed by atoms with van der Waals surface area (Å²) in [6, 6.07) is 28.9. The average molecular weight is 563 g/mol. The van der Waals surface area contributed by atoms with Crippen LogP contribution in [0.2, 0.25) is 5.02 Å². The van der Waals surface area contributed by atoms with E-state index in [2.05, 4.69) is 21.3 Å². The van der Waals surface area contributed by atoms with Gasteiger partial charge in [-0.25, -0.2) is 18.0 Å². The molecule has 0 saturated carbocycles. The number of hydrogen-bond donors (Lipinski definition) is 4. The summed E-state index contributed by atoms with van der Waals surface area (Å²) in [5.41, 5.74) is 2.51. The fraction of sp³-hybridized carbons (Fsp3) is 0.103. The van der Waals surface area contributed by atoms with Crippen molar-refractivity contribution < 1.29 is 18.0 Å². The number of sulfone groups is 1. The lowest BCUT2D eigenvalue weighted by Crippen LogP contribution is -2.43. The van der Waals surface area contributed by atoms with Crippen LogP contribution in [0.3, 0.4) is 0 Å². The highest BCUT2D eigenvalue weighted by atomic mass is 35.5. The second kappa shape index (κ2) is 12.5. The van der Waals surface area contributed by atoms with E-state index in [0.717, 1.165) is 17.4 Å². The molecule has 4 aromatic carbocycles. The number of hydrogen-bond acceptors (Lipinski definition) is 4. The molecule has 0 aliphatic rings. The van der Waals surface area contributed by atoms with E-state index >= 15 is 0 Å². The molecule has 4 aromatic rings. The summed E-state index contributed by atoms with van der Waals surface area (Å²) >= 11 is 5.95. The van der Waals surface area contributed by atoms with Crippen LogP contribution in [0, 0.1) is 0 Å². The summed E-state index contributed by atoms with van der Waals surface area (Å²) in [6.45, 7) is 0. The molecular weight excluding hydrogens is 536 g/mol. The highest BCUT2D eigenvalue weighted by molar-refractivity contribution is 7.90. The fourth-order valence-electron chi connectivity index (χ4n) is 3.97. The summed E-state index contributed by atoms with van der Waals surface area (Å²) in [7, 11) is -3.36. The zero-order valence-corrected chi connectivity index (χ0v) is 22.5. The number of rotatable bonds is 8. The Morgan fingerprint density at radius 1 is 0.615 bits per heavy atom. The van der Waals surface area contributed by atoms with Crippen LogP contribution in [-0.2, 0) is 9.84 Å². The van der Waals surface area contributed by atoms with Crippen LogP contribution in [0.25, 0.3) is 0 Å². The minimum atomic E-state index is -3.36. The van der Waals surface area contributed by atoms with E-state index in [1.807, 2.05) is 60.7 Å². The average Bonchev–Trinajstić information content (AvgIpc) is 2.93. The van der Waals surface area contributed by atoms with Gasteiger partial charge in [0.1, 0.15) is 0 Å². The third kappa shape index (κ3) is 7.83. The van der Waals surface area contributed by atoms with Gasteiger partial charge >= 0.3 is 12.1 Å². The maximum atomic E-state index is 13.1. The molecule has 0 aromatic heterocycles. The lowest BCUT2D eigenvalue weighted by molar-refractivity contribution is 0.236. The molecule has 0 unspecified atom stereocenters. The van der Waals surface area contributed by atoms with E-state index in [9.17, 15) is 18.0 Å². The molecule has 0 heterocycles. The fourth-order valence-corrected chi connectivity index (χ4v) is 4.73. The normalized spacial score (nSPS) is 12.6. The number of carbonyl (C=O) groups excluding carboxylic acids is 2. The van der Waals surface area contributed by atoms with Gasteiger partial charge in [-0.15, -0.1) is 0 Å². The molecule has 0 fully saturated rings. The summed E-state index contributed by atoms with van der Waals surface area (Å²) < 4.78 is 23.5. The predicted molar refractivity (Wildman–Crippen MR) is 154 cm³/mol. The molecule has 2 atom stereocenters. The topological polar surface area (TPSA) is 116 Å². The van der Waals surface area contributed by atoms with Crippen molar-refractivity contribution >= 4 is 44.9 Å². The van der Waals surface area contributed by atoms with Crippen molar-refractivity contribution in [2.24, 2.45) is 0 Å². The Bertz CT molecular complexity index is 1520. The summed E-state index contributed by atoms with van der Waals surface area (Å²) in [4.78, 5) is 26.4. The minimum Gasteiger partial charge on any atom is -0.329 e. The van der Waals surface area contributed by atoms with Crippen molar-refractivity contribution in [2.75, 3.05) is 16.9 Å². The van der Waals surface area contributed by atoms with Crippen LogP contribution in [0.4, 0.5) is 21.0 Å². The van der Waals surface area contributed by atoms with Crippen molar-refractivity contribution in [3.05, 3.63) is 125 Å². The second-order valence-electron chi connectivity index (χ2n) is 8.78. The van der Waals surface area contributed by atoms with Crippen LogP contribution in [0.5, 0.6) is 0 Å². The molecule has 200 valence electrons. The van der Waals surface area contributed by atoms with Crippen LogP contribution in [-0.4, -0.2) is 26.7 Å². The monoisotopic (exact) mass is 562 g/mol. The van der Waals surface area contributed by atoms with Gasteiger partial charge in [0.15, 0.2) is 9.84 Å². The number of urea groups is 2. The second-order valence-corrected chi connectivity index (χ2v) is 11.2. The van der Waals surface area contributed by atoms with E-state index in [-0.39, 0.29) is 4.90 Å². The standard InChI is InChI=1S/C29H27ClN4O4S/c1-39(37,38)25-18-16-24(17-19-25)32-29(36)34-27(21-10-6-3-7-11-21)26(20-8-4-2-5-9-20)33-28(35)31-23-14-12-22(30)13-15-23/h2-19,26-27H,1H3,(H2,31,33,35)(H2,32,34,36)/t26-,27-/m1/s1. The van der Waals surface area contributed by atoms with E-state index in [0.29, 0.717) is 16.4 Å². The molecule has 0 spiro atoms. The van der Waals surface area contributed by atoms with Crippen molar-refractivity contribution in [2.45, 2.75) is 17.0 Å². The molecule has 8 nitrogen and oxygen atoms in total. The van der Waals surface area contributed by atoms with Crippen molar-refractivity contribution in [1.29, 1.82) is 0 Å². The number of anilines is 2. The minimum absolute atomic E-state index is 0.149. The first-order valence-corrected chi connectivity index (χ1v) is 14.3. The van der Waals surface area contributed by atoms with E-state index in [1.165, 1.54) is 24.3 Å². The van der Waals surface area contributed by atoms with Gasteiger partial charge in [0.2, 0.25) is 0 Å². The number of amides is 4. The lowest BCUT2D eigenvalue weighted by Gasteiger charge is -2.30. The molecule has 0 bridgehead atoms. The number of nitrogens with one attached hydrogen (secondary N) is 4. The van der Waals surface area contributed by atoms with Gasteiger partial charge in [-0.3, -0.25) is 0 Å². The van der Waals surface area contributed by atoms with Gasteiger partial charge in [0.25, 0.3) is 0 Å². The van der Waals surface area contributed by atoms with Gasteiger partial charge < -0.3 is 21.3 Å². The van der Waals surface area contributed by atoms with E-state index in [4.69, 9.17) is 11.6 Å². The molecule has 0 aliphatic heterocycles. The van der Waals surface area contributed by atoms with Gasteiger partial charge in [0, 0.05) is 22.7 Å². The quantitative estimate of drug-likeness (QED) is 0.205. The Hall–Kier alpha value is -4.34. The van der Waals surface area contributed by atoms with E-state index < -0.39 is 34.0 Å². The highest BCUT2D eigenvalue weighted by Crippen LogP contribution is 2.29. The van der Waals surface area contributed by atoms with Gasteiger partial charge in [0.05, 0.1) is 17.0 Å². The van der Waals surface area contributed by atoms with Crippen LogP contribution < -0.4 is 21.3 Å². The molecule has 4 rings (SSSR count). The maximum absolute atomic E-state index is 13.1. The Morgan fingerprint density at radius 2 is 1.00 bits per heavy atom. The Balaban J connectivity index is 1.60. The third-order valence-electron chi connectivity index (χ3n) is 5.87. The van der Waals surface area contributed by atoms with Gasteiger partial charge in [-0.05, 0) is 59.7 Å². The zero-order chi connectivity index (χ0) is 27.8. The summed E-state index contributed by atoms with van der Waals surface area (Å²) in [5.74, 6) is 0. The maximum Gasteiger partial charge on any atom is 0.319 e. The molecule has 0 saturated heterocycles. The number of halogens is 1. The lowest BCUT2D eigenvalue weighted by atomic mass is 9.93. The molecule has 0 aliphatic carbocycles. The molecular formula is C29H27ClN4O4S. The molecule has 4 N–H and O–H groups in total. The Labute approximate surface area is 232 Å². The van der Waals surface area contributed by atoms with Gasteiger partial charge in [-0.1, -0.05) is 72.3 Å². The summed E-state index contributed by atoms with van der Waals surface area (Å²) in [6.07, 6.45) is 1.12. The first kappa shape index (κ1) is 27.7. The smallest absolute Gasteiger partial charge is 0.319 e. The molecule has 0 radical (unpaired) electrons. The molecule has 4 amide bonds. The predicted octanol–water partition coefficient (Wildman–Crippen LogP) is 6.17. The van der Waals surface area contributed by atoms with Crippen LogP contribution in [0.1, 0.15) is 23.2 Å². The number of carbonyl (C=O) groups is 2. The third-order valence-corrected chi connectivity index (χ3v) is 7.25. The van der Waals surface area contributed by atoms with Crippen molar-refractivity contribution in [3.63, 3.8) is 0 Å². The number of benzene rings is 4. The Morgan fingerprint density at radius 3 is 1.38 bits per heavy atom. The van der Waals surface area contributed by atoms with Crippen LogP contribution >= 0.6 is 11.6 Å². The highest BCUT2D eigenvalue weighted by Gasteiger charge is 2.28. The van der Waals surface area contributed by atoms with E-state index in [1.54, 1.807) is 24.3 Å². The van der Waals surface area contributed by atoms with Crippen molar-refractivity contribution in [3.8, 4) is 0 Å². The molecule has 39 heavy (non-hydrogen) atoms. The SMILES string of the molecule is CS(=O)(=O)c1ccc(NC(=O)N[C@H](c2ccccc2)[C@H](NC(=O)Nc2ccc(Cl)cc2)c2ccccc2)cc1. The van der Waals surface area contributed by atoms with Crippen LogP contribution in [0.15, 0.2) is 114 Å². The zero-order valence-electron chi connectivity index (χ0n) is 21.0. The largest absolute Gasteiger partial charge is 0.329 e.